The van der Waals surface area contributed by atoms with Gasteiger partial charge in [0.2, 0.25) is 0 Å². The molecule has 0 radical (unpaired) electrons. The van der Waals surface area contributed by atoms with Crippen molar-refractivity contribution >= 4 is 0 Å². The summed E-state index contributed by atoms with van der Waals surface area (Å²) in [5, 5.41) is 12.1. The summed E-state index contributed by atoms with van der Waals surface area (Å²) in [6.45, 7) is 0.827. The maximum atomic E-state index is 5.99. The molecule has 0 amide bonds. The van der Waals surface area contributed by atoms with Crippen molar-refractivity contribution in [1.82, 2.24) is 20.2 Å². The van der Waals surface area contributed by atoms with Gasteiger partial charge in [-0.15, -0.1) is 5.10 Å². The molecular formula is C20H22N4O. The summed E-state index contributed by atoms with van der Waals surface area (Å²) in [4.78, 5) is 0. The van der Waals surface area contributed by atoms with Crippen molar-refractivity contribution in [2.24, 2.45) is 0 Å². The molecule has 4 rings (SSSR count). The Morgan fingerprint density at radius 1 is 1.00 bits per heavy atom. The third-order valence-electron chi connectivity index (χ3n) is 4.74. The summed E-state index contributed by atoms with van der Waals surface area (Å²) >= 11 is 0. The van der Waals surface area contributed by atoms with Gasteiger partial charge in [-0.2, -0.15) is 4.68 Å². The molecule has 0 spiro atoms. The van der Waals surface area contributed by atoms with Crippen LogP contribution in [0, 0.1) is 0 Å². The second-order valence-electron chi connectivity index (χ2n) is 6.40. The number of benzene rings is 2. The highest BCUT2D eigenvalue weighted by Gasteiger charge is 2.19. The molecule has 2 aromatic carbocycles. The van der Waals surface area contributed by atoms with Crippen molar-refractivity contribution in [1.29, 1.82) is 0 Å². The highest BCUT2D eigenvalue weighted by molar-refractivity contribution is 5.31. The molecule has 0 bridgehead atoms. The van der Waals surface area contributed by atoms with E-state index in [2.05, 4.69) is 39.8 Å². The van der Waals surface area contributed by atoms with Crippen LogP contribution in [0.3, 0.4) is 0 Å². The predicted molar refractivity (Wildman–Crippen MR) is 95.5 cm³/mol. The van der Waals surface area contributed by atoms with Crippen LogP contribution in [-0.2, 0) is 17.6 Å². The number of tetrazole rings is 1. The van der Waals surface area contributed by atoms with Crippen molar-refractivity contribution in [2.75, 3.05) is 6.61 Å². The second-order valence-corrected chi connectivity index (χ2v) is 6.40. The molecule has 1 atom stereocenters. The van der Waals surface area contributed by atoms with Crippen LogP contribution in [0.25, 0.3) is 5.69 Å². The third kappa shape index (κ3) is 3.61. The number of hydrogen-bond donors (Lipinski definition) is 0. The Morgan fingerprint density at radius 3 is 2.76 bits per heavy atom. The standard InChI is InChI=1S/C20H22N4O/c1-2-9-17(10-3-1)24-20(21-22-23-24)13-7-6-12-19-18-11-5-4-8-16(18)14-15-25-19/h1-5,8-11,19H,6-7,12-15H2. The van der Waals surface area contributed by atoms with E-state index in [1.807, 2.05) is 35.0 Å². The summed E-state index contributed by atoms with van der Waals surface area (Å²) in [5.74, 6) is 0.913. The van der Waals surface area contributed by atoms with Crippen molar-refractivity contribution in [3.63, 3.8) is 0 Å². The lowest BCUT2D eigenvalue weighted by molar-refractivity contribution is 0.0349. The number of aryl methyl sites for hydroxylation is 1. The van der Waals surface area contributed by atoms with Gasteiger partial charge in [-0.25, -0.2) is 0 Å². The molecule has 5 nitrogen and oxygen atoms in total. The van der Waals surface area contributed by atoms with E-state index in [0.29, 0.717) is 0 Å². The van der Waals surface area contributed by atoms with Crippen LogP contribution in [0.5, 0.6) is 0 Å². The van der Waals surface area contributed by atoms with Gasteiger partial charge in [0.25, 0.3) is 0 Å². The van der Waals surface area contributed by atoms with E-state index in [-0.39, 0.29) is 6.10 Å². The molecule has 0 aliphatic carbocycles. The Hall–Kier alpha value is -2.53. The SMILES string of the molecule is c1ccc(-n2nnnc2CCCCC2OCCc3ccccc32)cc1. The normalized spacial score (nSPS) is 16.6. The van der Waals surface area contributed by atoms with Gasteiger partial charge in [-0.3, -0.25) is 0 Å². The first-order chi connectivity index (χ1) is 12.4. The molecule has 0 N–H and O–H groups in total. The van der Waals surface area contributed by atoms with Gasteiger partial charge < -0.3 is 4.74 Å². The zero-order chi connectivity index (χ0) is 16.9. The highest BCUT2D eigenvalue weighted by atomic mass is 16.5. The molecule has 25 heavy (non-hydrogen) atoms. The van der Waals surface area contributed by atoms with Crippen molar-refractivity contribution in [3.8, 4) is 5.69 Å². The number of ether oxygens (including phenoxy) is 1. The maximum absolute atomic E-state index is 5.99. The lowest BCUT2D eigenvalue weighted by Gasteiger charge is -2.26. The zero-order valence-corrected chi connectivity index (χ0v) is 14.2. The van der Waals surface area contributed by atoms with E-state index in [1.165, 1.54) is 11.1 Å². The molecule has 1 unspecified atom stereocenters. The van der Waals surface area contributed by atoms with Crippen LogP contribution < -0.4 is 0 Å². The first-order valence-electron chi connectivity index (χ1n) is 8.94. The Kier molecular flexibility index (Phi) is 4.84. The largest absolute Gasteiger partial charge is 0.373 e. The van der Waals surface area contributed by atoms with E-state index in [0.717, 1.165) is 50.2 Å². The summed E-state index contributed by atoms with van der Waals surface area (Å²) in [6, 6.07) is 18.7. The minimum absolute atomic E-state index is 0.232. The van der Waals surface area contributed by atoms with Crippen molar-refractivity contribution in [2.45, 2.75) is 38.2 Å². The van der Waals surface area contributed by atoms with Crippen LogP contribution in [0.1, 0.15) is 42.3 Å². The van der Waals surface area contributed by atoms with Gasteiger partial charge >= 0.3 is 0 Å². The molecule has 0 saturated heterocycles. The van der Waals surface area contributed by atoms with E-state index < -0.39 is 0 Å². The number of rotatable bonds is 6. The van der Waals surface area contributed by atoms with Crippen LogP contribution in [0.4, 0.5) is 0 Å². The quantitative estimate of drug-likeness (QED) is 0.645. The lowest BCUT2D eigenvalue weighted by atomic mass is 9.94. The van der Waals surface area contributed by atoms with E-state index in [9.17, 15) is 0 Å². The monoisotopic (exact) mass is 334 g/mol. The summed E-state index contributed by atoms with van der Waals surface area (Å²) in [6.07, 6.45) is 5.32. The van der Waals surface area contributed by atoms with Crippen molar-refractivity contribution in [3.05, 3.63) is 71.5 Å². The van der Waals surface area contributed by atoms with Crippen LogP contribution in [-0.4, -0.2) is 26.8 Å². The molecule has 2 heterocycles. The molecule has 5 heteroatoms. The van der Waals surface area contributed by atoms with E-state index in [4.69, 9.17) is 4.74 Å². The van der Waals surface area contributed by atoms with Gasteiger partial charge in [0, 0.05) is 6.42 Å². The average molecular weight is 334 g/mol. The molecule has 128 valence electrons. The minimum Gasteiger partial charge on any atom is -0.373 e. The van der Waals surface area contributed by atoms with Gasteiger partial charge in [-0.05, 0) is 52.9 Å². The minimum atomic E-state index is 0.232. The van der Waals surface area contributed by atoms with Gasteiger partial charge in [0.05, 0.1) is 18.4 Å². The summed E-state index contributed by atoms with van der Waals surface area (Å²) in [5.41, 5.74) is 3.81. The topological polar surface area (TPSA) is 52.8 Å². The average Bonchev–Trinajstić information content (AvgIpc) is 3.14. The molecular weight excluding hydrogens is 312 g/mol. The highest BCUT2D eigenvalue weighted by Crippen LogP contribution is 2.30. The lowest BCUT2D eigenvalue weighted by Crippen LogP contribution is -2.16. The Morgan fingerprint density at radius 2 is 1.84 bits per heavy atom. The van der Waals surface area contributed by atoms with Crippen LogP contribution >= 0.6 is 0 Å². The van der Waals surface area contributed by atoms with E-state index in [1.54, 1.807) is 0 Å². The summed E-state index contributed by atoms with van der Waals surface area (Å²) < 4.78 is 7.82. The smallest absolute Gasteiger partial charge is 0.156 e. The van der Waals surface area contributed by atoms with Gasteiger partial charge in [0.1, 0.15) is 0 Å². The molecule has 0 fully saturated rings. The fourth-order valence-corrected chi connectivity index (χ4v) is 3.46. The number of para-hydroxylation sites is 1. The Balaban J connectivity index is 1.34. The second kappa shape index (κ2) is 7.57. The van der Waals surface area contributed by atoms with Crippen molar-refractivity contribution < 1.29 is 4.74 Å². The maximum Gasteiger partial charge on any atom is 0.156 e. The molecule has 0 saturated carbocycles. The predicted octanol–water partition coefficient (Wildman–Crippen LogP) is 3.69. The number of nitrogens with zero attached hydrogens (tertiary/aromatic N) is 4. The Labute approximate surface area is 147 Å². The third-order valence-corrected chi connectivity index (χ3v) is 4.74. The summed E-state index contributed by atoms with van der Waals surface area (Å²) in [7, 11) is 0. The zero-order valence-electron chi connectivity index (χ0n) is 14.2. The van der Waals surface area contributed by atoms with Crippen LogP contribution in [0.15, 0.2) is 54.6 Å². The molecule has 1 aromatic heterocycles. The number of aromatic nitrogens is 4. The van der Waals surface area contributed by atoms with E-state index >= 15 is 0 Å². The molecule has 1 aliphatic rings. The molecule has 1 aliphatic heterocycles. The molecule has 3 aromatic rings. The van der Waals surface area contributed by atoms with Gasteiger partial charge in [-0.1, -0.05) is 48.9 Å². The Bertz CT molecular complexity index is 815. The van der Waals surface area contributed by atoms with Crippen LogP contribution in [0.2, 0.25) is 0 Å². The number of hydrogen-bond acceptors (Lipinski definition) is 4. The number of unbranched alkanes of at least 4 members (excludes halogenated alkanes) is 1. The fourth-order valence-electron chi connectivity index (χ4n) is 3.46. The fraction of sp³-hybridized carbons (Fsp3) is 0.350. The first-order valence-corrected chi connectivity index (χ1v) is 8.94. The number of fused-ring (bicyclic) bond motifs is 1. The van der Waals surface area contributed by atoms with Gasteiger partial charge in [0.15, 0.2) is 5.82 Å². The first kappa shape index (κ1) is 16.0.